The van der Waals surface area contributed by atoms with Crippen LogP contribution in [0.1, 0.15) is 22.8 Å². The predicted octanol–water partition coefficient (Wildman–Crippen LogP) is 3.75. The van der Waals surface area contributed by atoms with Crippen LogP contribution in [-0.2, 0) is 10.0 Å². The van der Waals surface area contributed by atoms with Crippen molar-refractivity contribution in [3.8, 4) is 0 Å². The molecule has 6 nitrogen and oxygen atoms in total. The van der Waals surface area contributed by atoms with Crippen molar-refractivity contribution in [1.82, 2.24) is 9.29 Å². The number of sulfonamides is 1. The third kappa shape index (κ3) is 4.07. The Bertz CT molecular complexity index is 1090. The molecule has 0 saturated carbocycles. The molecule has 0 fully saturated rings. The normalized spacial score (nSPS) is 13.2. The largest absolute Gasteiger partial charge is 0.431 e. The van der Waals surface area contributed by atoms with Gasteiger partial charge in [-0.05, 0) is 32.0 Å². The van der Waals surface area contributed by atoms with Crippen molar-refractivity contribution in [3.05, 3.63) is 53.6 Å². The Morgan fingerprint density at radius 2 is 1.81 bits per heavy atom. The number of fused-ring (bicyclic) bond motifs is 1. The van der Waals surface area contributed by atoms with E-state index in [4.69, 9.17) is 4.42 Å². The third-order valence-electron chi connectivity index (χ3n) is 4.10. The van der Waals surface area contributed by atoms with Crippen molar-refractivity contribution < 1.29 is 17.6 Å². The highest BCUT2D eigenvalue weighted by atomic mass is 32.2. The van der Waals surface area contributed by atoms with E-state index >= 15 is 0 Å². The van der Waals surface area contributed by atoms with E-state index in [1.54, 1.807) is 25.1 Å². The number of benzene rings is 2. The number of ketones is 1. The van der Waals surface area contributed by atoms with Gasteiger partial charge in [0.1, 0.15) is 5.52 Å². The number of Topliss-reactive ketones (excluding diaryl/α,β-unsaturated/α-hetero) is 1. The lowest BCUT2D eigenvalue weighted by molar-refractivity contribution is 0.0993. The van der Waals surface area contributed by atoms with Gasteiger partial charge >= 0.3 is 0 Å². The lowest BCUT2D eigenvalue weighted by atomic mass is 10.1. The molecule has 0 radical (unpaired) electrons. The molecule has 1 heterocycles. The van der Waals surface area contributed by atoms with E-state index < -0.39 is 10.0 Å². The quantitative estimate of drug-likeness (QED) is 0.460. The van der Waals surface area contributed by atoms with Gasteiger partial charge in [-0.2, -0.15) is 0 Å². The molecule has 1 aromatic heterocycles. The van der Waals surface area contributed by atoms with Gasteiger partial charge in [0.05, 0.1) is 10.1 Å². The van der Waals surface area contributed by atoms with Crippen LogP contribution in [0.25, 0.3) is 11.1 Å². The van der Waals surface area contributed by atoms with Gasteiger partial charge in [0.25, 0.3) is 5.22 Å². The van der Waals surface area contributed by atoms with Crippen LogP contribution >= 0.6 is 11.8 Å². The maximum absolute atomic E-state index is 12.6. The summed E-state index contributed by atoms with van der Waals surface area (Å²) >= 11 is 1.21. The lowest BCUT2D eigenvalue weighted by Gasteiger charge is -2.10. The van der Waals surface area contributed by atoms with Crippen LogP contribution in [0.2, 0.25) is 0 Å². The minimum atomic E-state index is -3.54. The topological polar surface area (TPSA) is 80.5 Å². The zero-order chi connectivity index (χ0) is 19.8. The number of oxazole rings is 1. The Kier molecular flexibility index (Phi) is 5.41. The number of aromatic nitrogens is 1. The van der Waals surface area contributed by atoms with Gasteiger partial charge < -0.3 is 4.42 Å². The number of carbonyl (C=O) groups is 1. The summed E-state index contributed by atoms with van der Waals surface area (Å²) in [6.45, 7) is 3.76. The van der Waals surface area contributed by atoms with Crippen molar-refractivity contribution in [2.24, 2.45) is 0 Å². The summed E-state index contributed by atoms with van der Waals surface area (Å²) in [7, 11) is -0.596. The molecule has 8 heteroatoms. The first-order valence-corrected chi connectivity index (χ1v) is 10.6. The fourth-order valence-corrected chi connectivity index (χ4v) is 4.22. The molecular weight excluding hydrogens is 384 g/mol. The van der Waals surface area contributed by atoms with Crippen LogP contribution in [0.5, 0.6) is 0 Å². The Balaban J connectivity index is 1.83. The maximum Gasteiger partial charge on any atom is 0.257 e. The summed E-state index contributed by atoms with van der Waals surface area (Å²) in [6.07, 6.45) is 0. The minimum Gasteiger partial charge on any atom is -0.431 e. The molecule has 27 heavy (non-hydrogen) atoms. The summed E-state index contributed by atoms with van der Waals surface area (Å²) in [4.78, 5) is 17.0. The summed E-state index contributed by atoms with van der Waals surface area (Å²) < 4.78 is 31.3. The number of nitrogens with zero attached hydrogens (tertiary/aromatic N) is 2. The van der Waals surface area contributed by atoms with E-state index in [2.05, 4.69) is 4.98 Å². The maximum atomic E-state index is 12.6. The molecular formula is C19H20N2O4S2. The Hall–Kier alpha value is -2.16. The fourth-order valence-electron chi connectivity index (χ4n) is 2.47. The molecule has 1 atom stereocenters. The molecule has 0 saturated heterocycles. The van der Waals surface area contributed by atoms with Crippen molar-refractivity contribution in [3.63, 3.8) is 0 Å². The molecule has 0 aliphatic heterocycles. The molecule has 3 rings (SSSR count). The van der Waals surface area contributed by atoms with Crippen molar-refractivity contribution in [1.29, 1.82) is 0 Å². The molecule has 3 aromatic rings. The molecule has 0 N–H and O–H groups in total. The van der Waals surface area contributed by atoms with Gasteiger partial charge in [0, 0.05) is 19.7 Å². The number of aryl methyl sites for hydroxylation is 1. The molecule has 0 amide bonds. The second-order valence-electron chi connectivity index (χ2n) is 6.39. The van der Waals surface area contributed by atoms with Gasteiger partial charge in [0.15, 0.2) is 11.4 Å². The van der Waals surface area contributed by atoms with Crippen LogP contribution in [0.15, 0.2) is 57.0 Å². The van der Waals surface area contributed by atoms with E-state index in [0.717, 1.165) is 9.87 Å². The predicted molar refractivity (Wildman–Crippen MR) is 106 cm³/mol. The lowest BCUT2D eigenvalue weighted by Crippen LogP contribution is -2.22. The molecule has 2 aromatic carbocycles. The summed E-state index contributed by atoms with van der Waals surface area (Å²) in [5.41, 5.74) is 2.64. The van der Waals surface area contributed by atoms with Crippen LogP contribution in [-0.4, -0.2) is 42.8 Å². The second kappa shape index (κ2) is 7.46. The average molecular weight is 405 g/mol. The second-order valence-corrected chi connectivity index (χ2v) is 9.83. The first kappa shape index (κ1) is 19.6. The van der Waals surface area contributed by atoms with E-state index in [1.807, 2.05) is 19.1 Å². The van der Waals surface area contributed by atoms with E-state index in [0.29, 0.717) is 21.9 Å². The van der Waals surface area contributed by atoms with Crippen LogP contribution in [0.3, 0.4) is 0 Å². The minimum absolute atomic E-state index is 0.0156. The zero-order valence-corrected chi connectivity index (χ0v) is 17.1. The van der Waals surface area contributed by atoms with Gasteiger partial charge in [0.2, 0.25) is 10.0 Å². The standard InChI is InChI=1S/C19H20N2O4S2/c1-12-5-7-14(8-6-12)18(22)13(2)26-19-20-16-11-15(9-10-17(16)25-19)27(23,24)21(3)4/h5-11,13H,1-4H3. The first-order valence-electron chi connectivity index (χ1n) is 8.29. The van der Waals surface area contributed by atoms with Crippen molar-refractivity contribution >= 4 is 38.7 Å². The number of thioether (sulfide) groups is 1. The van der Waals surface area contributed by atoms with Gasteiger partial charge in [-0.25, -0.2) is 17.7 Å². The number of rotatable bonds is 6. The number of carbonyl (C=O) groups excluding carboxylic acids is 1. The molecule has 0 spiro atoms. The monoisotopic (exact) mass is 404 g/mol. The van der Waals surface area contributed by atoms with E-state index in [9.17, 15) is 13.2 Å². The first-order chi connectivity index (χ1) is 12.7. The number of hydrogen-bond acceptors (Lipinski definition) is 6. The van der Waals surface area contributed by atoms with Gasteiger partial charge in [-0.15, -0.1) is 0 Å². The van der Waals surface area contributed by atoms with Crippen LogP contribution in [0.4, 0.5) is 0 Å². The zero-order valence-electron chi connectivity index (χ0n) is 15.5. The van der Waals surface area contributed by atoms with Crippen LogP contribution < -0.4 is 0 Å². The van der Waals surface area contributed by atoms with Crippen molar-refractivity contribution in [2.75, 3.05) is 14.1 Å². The van der Waals surface area contributed by atoms with Gasteiger partial charge in [-0.1, -0.05) is 41.6 Å². The molecule has 142 valence electrons. The van der Waals surface area contributed by atoms with E-state index in [1.165, 1.54) is 38.0 Å². The third-order valence-corrected chi connectivity index (χ3v) is 6.86. The Labute approximate surface area is 162 Å². The highest BCUT2D eigenvalue weighted by Gasteiger charge is 2.21. The molecule has 0 aliphatic carbocycles. The molecule has 0 bridgehead atoms. The highest BCUT2D eigenvalue weighted by molar-refractivity contribution is 8.00. The van der Waals surface area contributed by atoms with Gasteiger partial charge in [-0.3, -0.25) is 4.79 Å². The fraction of sp³-hybridized carbons (Fsp3) is 0.263. The smallest absolute Gasteiger partial charge is 0.257 e. The summed E-state index contributed by atoms with van der Waals surface area (Å²) in [6, 6.07) is 11.9. The van der Waals surface area contributed by atoms with E-state index in [-0.39, 0.29) is 15.9 Å². The summed E-state index contributed by atoms with van der Waals surface area (Å²) in [5, 5.41) is -0.0527. The Morgan fingerprint density at radius 1 is 1.15 bits per heavy atom. The average Bonchev–Trinajstić information content (AvgIpc) is 3.02. The number of hydrogen-bond donors (Lipinski definition) is 0. The Morgan fingerprint density at radius 3 is 2.44 bits per heavy atom. The summed E-state index contributed by atoms with van der Waals surface area (Å²) in [5.74, 6) is -0.0156. The van der Waals surface area contributed by atoms with Crippen LogP contribution in [0, 0.1) is 6.92 Å². The molecule has 1 unspecified atom stereocenters. The SMILES string of the molecule is Cc1ccc(C(=O)C(C)Sc2nc3cc(S(=O)(=O)N(C)C)ccc3o2)cc1. The van der Waals surface area contributed by atoms with Crippen molar-refractivity contribution in [2.45, 2.75) is 29.2 Å². The molecule has 0 aliphatic rings. The highest BCUT2D eigenvalue weighted by Crippen LogP contribution is 2.29.